The molecular weight excluding hydrogens is 600 g/mol. The maximum absolute atomic E-state index is 13.8. The average molecular weight is 628 g/mol. The van der Waals surface area contributed by atoms with Gasteiger partial charge in [0.2, 0.25) is 5.91 Å². The van der Waals surface area contributed by atoms with Gasteiger partial charge in [0.15, 0.2) is 0 Å². The first kappa shape index (κ1) is 25.6. The largest absolute Gasteiger partial charge is 0.496 e. The Morgan fingerprint density at radius 1 is 1.16 bits per heavy atom. The molecule has 3 heterocycles. The molecule has 2 aliphatic heterocycles. The van der Waals surface area contributed by atoms with Gasteiger partial charge in [0.25, 0.3) is 5.91 Å². The van der Waals surface area contributed by atoms with Crippen LogP contribution < -0.4 is 10.1 Å². The number of amides is 2. The van der Waals surface area contributed by atoms with Gasteiger partial charge < -0.3 is 24.4 Å². The molecule has 0 bridgehead atoms. The predicted molar refractivity (Wildman–Crippen MR) is 152 cm³/mol. The number of hydrogen-bond donors (Lipinski definition) is 1. The van der Waals surface area contributed by atoms with Gasteiger partial charge in [-0.2, -0.15) is 0 Å². The molecule has 0 saturated carbocycles. The lowest BCUT2D eigenvalue weighted by Gasteiger charge is -2.41. The predicted octanol–water partition coefficient (Wildman–Crippen LogP) is 4.87. The van der Waals surface area contributed by atoms with Crippen molar-refractivity contribution in [2.45, 2.75) is 25.6 Å². The zero-order chi connectivity index (χ0) is 26.3. The molecule has 0 atom stereocenters. The fraction of sp³-hybridized carbons (Fsp3) is 0.286. The van der Waals surface area contributed by atoms with Gasteiger partial charge in [-0.05, 0) is 48.4 Å². The fourth-order valence-corrected chi connectivity index (χ4v) is 5.93. The van der Waals surface area contributed by atoms with Gasteiger partial charge in [-0.15, -0.1) is 0 Å². The van der Waals surface area contributed by atoms with Crippen molar-refractivity contribution in [3.8, 4) is 5.75 Å². The molecule has 0 unspecified atom stereocenters. The van der Waals surface area contributed by atoms with Gasteiger partial charge in [0, 0.05) is 63.5 Å². The van der Waals surface area contributed by atoms with Crippen molar-refractivity contribution in [3.63, 3.8) is 0 Å². The Labute approximate surface area is 233 Å². The topological polar surface area (TPSA) is 66.8 Å². The molecule has 0 aliphatic carbocycles. The highest BCUT2D eigenvalue weighted by molar-refractivity contribution is 9.10. The van der Waals surface area contributed by atoms with Crippen LogP contribution in [0.15, 0.2) is 70.4 Å². The van der Waals surface area contributed by atoms with Crippen LogP contribution in [0.5, 0.6) is 5.75 Å². The van der Waals surface area contributed by atoms with Crippen molar-refractivity contribution in [1.82, 2.24) is 19.7 Å². The van der Waals surface area contributed by atoms with Crippen LogP contribution in [-0.2, 0) is 24.3 Å². The SMILES string of the molecule is C=CC(=C)N1CC(NC(=O)Cn2cc(C(=O)N3CCc4c(OC)ccc(Br)c4C3)c3cc(Br)ccc32)C1. The summed E-state index contributed by atoms with van der Waals surface area (Å²) in [6.45, 7) is 10.3. The first-order valence-electron chi connectivity index (χ1n) is 12.1. The van der Waals surface area contributed by atoms with Crippen LogP contribution in [-0.4, -0.2) is 59.0 Å². The first-order valence-corrected chi connectivity index (χ1v) is 13.6. The fourth-order valence-electron chi connectivity index (χ4n) is 5.07. The number of allylic oxidation sites excluding steroid dienone is 1. The van der Waals surface area contributed by atoms with E-state index in [4.69, 9.17) is 4.74 Å². The summed E-state index contributed by atoms with van der Waals surface area (Å²) in [7, 11) is 1.67. The maximum Gasteiger partial charge on any atom is 0.256 e. The number of nitrogens with zero attached hydrogens (tertiary/aromatic N) is 3. The van der Waals surface area contributed by atoms with Gasteiger partial charge >= 0.3 is 0 Å². The third-order valence-electron chi connectivity index (χ3n) is 7.09. The van der Waals surface area contributed by atoms with Crippen LogP contribution in [0.1, 0.15) is 21.5 Å². The van der Waals surface area contributed by atoms with Crippen LogP contribution in [0, 0.1) is 0 Å². The van der Waals surface area contributed by atoms with Gasteiger partial charge in [-0.3, -0.25) is 9.59 Å². The average Bonchev–Trinajstić information content (AvgIpc) is 3.22. The molecule has 192 valence electrons. The Bertz CT molecular complexity index is 1420. The van der Waals surface area contributed by atoms with Gasteiger partial charge in [-0.25, -0.2) is 0 Å². The van der Waals surface area contributed by atoms with E-state index in [2.05, 4.69) is 55.2 Å². The molecule has 0 radical (unpaired) electrons. The Balaban J connectivity index is 1.36. The number of carbonyl (C=O) groups excluding carboxylic acids is 2. The highest BCUT2D eigenvalue weighted by Crippen LogP contribution is 2.35. The summed E-state index contributed by atoms with van der Waals surface area (Å²) in [5.41, 5.74) is 4.49. The highest BCUT2D eigenvalue weighted by atomic mass is 79.9. The number of ether oxygens (including phenoxy) is 1. The highest BCUT2D eigenvalue weighted by Gasteiger charge is 2.30. The molecule has 2 aromatic carbocycles. The van der Waals surface area contributed by atoms with Crippen LogP contribution in [0.4, 0.5) is 0 Å². The van der Waals surface area contributed by atoms with Crippen molar-refractivity contribution >= 4 is 54.6 Å². The number of aromatic nitrogens is 1. The molecule has 3 aromatic rings. The number of methoxy groups -OCH3 is 1. The third kappa shape index (κ3) is 4.94. The molecule has 1 aromatic heterocycles. The first-order chi connectivity index (χ1) is 17.8. The zero-order valence-electron chi connectivity index (χ0n) is 20.6. The second kappa shape index (κ2) is 10.4. The quantitative estimate of drug-likeness (QED) is 0.380. The lowest BCUT2D eigenvalue weighted by atomic mass is 9.98. The molecule has 1 saturated heterocycles. The van der Waals surface area contributed by atoms with Crippen molar-refractivity contribution in [3.05, 3.63) is 87.1 Å². The smallest absolute Gasteiger partial charge is 0.256 e. The van der Waals surface area contributed by atoms with Crippen LogP contribution >= 0.6 is 31.9 Å². The summed E-state index contributed by atoms with van der Waals surface area (Å²) in [6, 6.07) is 9.80. The minimum absolute atomic E-state index is 0.0554. The van der Waals surface area contributed by atoms with Gasteiger partial charge in [0.05, 0.1) is 18.7 Å². The number of hydrogen-bond acceptors (Lipinski definition) is 4. The van der Waals surface area contributed by atoms with Crippen molar-refractivity contribution in [2.75, 3.05) is 26.7 Å². The zero-order valence-corrected chi connectivity index (χ0v) is 23.8. The van der Waals surface area contributed by atoms with E-state index >= 15 is 0 Å². The number of carbonyl (C=O) groups is 2. The summed E-state index contributed by atoms with van der Waals surface area (Å²) in [6.07, 6.45) is 4.24. The minimum Gasteiger partial charge on any atom is -0.496 e. The van der Waals surface area contributed by atoms with E-state index in [0.717, 1.165) is 55.5 Å². The normalized spacial score (nSPS) is 15.2. The van der Waals surface area contributed by atoms with E-state index in [9.17, 15) is 9.59 Å². The minimum atomic E-state index is -0.0874. The van der Waals surface area contributed by atoms with E-state index in [1.54, 1.807) is 13.2 Å². The van der Waals surface area contributed by atoms with Gasteiger partial charge in [0.1, 0.15) is 12.3 Å². The van der Waals surface area contributed by atoms with E-state index in [1.165, 1.54) is 0 Å². The lowest BCUT2D eigenvalue weighted by Crippen LogP contribution is -2.58. The van der Waals surface area contributed by atoms with Crippen LogP contribution in [0.3, 0.4) is 0 Å². The van der Waals surface area contributed by atoms with Crippen molar-refractivity contribution < 1.29 is 14.3 Å². The van der Waals surface area contributed by atoms with Crippen LogP contribution in [0.2, 0.25) is 0 Å². The molecule has 1 fully saturated rings. The number of benzene rings is 2. The van der Waals surface area contributed by atoms with E-state index in [-0.39, 0.29) is 24.4 Å². The number of rotatable bonds is 7. The molecule has 9 heteroatoms. The summed E-state index contributed by atoms with van der Waals surface area (Å²) in [5.74, 6) is 0.705. The molecule has 2 amide bonds. The molecule has 1 N–H and O–H groups in total. The number of fused-ring (bicyclic) bond motifs is 2. The number of nitrogens with one attached hydrogen (secondary N) is 1. The maximum atomic E-state index is 13.8. The molecule has 37 heavy (non-hydrogen) atoms. The monoisotopic (exact) mass is 626 g/mol. The molecule has 7 nitrogen and oxygen atoms in total. The van der Waals surface area contributed by atoms with Crippen molar-refractivity contribution in [2.24, 2.45) is 0 Å². The molecule has 5 rings (SSSR count). The molecular formula is C28H28Br2N4O3. The van der Waals surface area contributed by atoms with E-state index < -0.39 is 0 Å². The Kier molecular flexibility index (Phi) is 7.18. The Morgan fingerprint density at radius 3 is 2.68 bits per heavy atom. The Hall–Kier alpha value is -3.04. The molecule has 2 aliphatic rings. The summed E-state index contributed by atoms with van der Waals surface area (Å²) in [4.78, 5) is 30.6. The summed E-state index contributed by atoms with van der Waals surface area (Å²) >= 11 is 7.18. The second-order valence-corrected chi connectivity index (χ2v) is 11.2. The lowest BCUT2D eigenvalue weighted by molar-refractivity contribution is -0.123. The van der Waals surface area contributed by atoms with E-state index in [1.807, 2.05) is 46.0 Å². The number of halogens is 2. The third-order valence-corrected chi connectivity index (χ3v) is 8.33. The van der Waals surface area contributed by atoms with Gasteiger partial charge in [-0.1, -0.05) is 45.0 Å². The summed E-state index contributed by atoms with van der Waals surface area (Å²) in [5, 5.41) is 3.90. The van der Waals surface area contributed by atoms with Crippen molar-refractivity contribution in [1.29, 1.82) is 0 Å². The van der Waals surface area contributed by atoms with E-state index in [0.29, 0.717) is 25.1 Å². The van der Waals surface area contributed by atoms with Crippen LogP contribution in [0.25, 0.3) is 10.9 Å². The molecule has 0 spiro atoms. The second-order valence-electron chi connectivity index (χ2n) is 9.38. The number of likely N-dealkylation sites (tertiary alicyclic amines) is 1. The summed E-state index contributed by atoms with van der Waals surface area (Å²) < 4.78 is 9.25. The standard InChI is InChI=1S/C28H28Br2N4O3/c1-4-17(2)33-12-19(13-33)31-27(35)16-34-15-23(21-11-18(29)5-7-25(21)34)28(36)32-10-9-20-22(14-32)24(30)6-8-26(20)37-3/h4-8,11,15,19H,1-2,9-10,12-14,16H2,3H3,(H,31,35). The Morgan fingerprint density at radius 2 is 1.95 bits per heavy atom.